The van der Waals surface area contributed by atoms with Crippen molar-refractivity contribution >= 4 is 12.0 Å². The second-order valence-electron chi connectivity index (χ2n) is 3.88. The van der Waals surface area contributed by atoms with Crippen LogP contribution in [-0.4, -0.2) is 33.9 Å². The number of aromatic nitrogens is 3. The highest BCUT2D eigenvalue weighted by molar-refractivity contribution is 5.87. The third kappa shape index (κ3) is 3.34. The van der Waals surface area contributed by atoms with E-state index in [1.165, 1.54) is 6.26 Å². The van der Waals surface area contributed by atoms with E-state index in [2.05, 4.69) is 15.4 Å². The molecule has 2 aromatic heterocycles. The van der Waals surface area contributed by atoms with Crippen LogP contribution in [0, 0.1) is 0 Å². The molecule has 7 heteroatoms. The molecule has 1 N–H and O–H groups in total. The van der Waals surface area contributed by atoms with Crippen LogP contribution < -0.4 is 5.32 Å². The van der Waals surface area contributed by atoms with Crippen molar-refractivity contribution in [3.63, 3.8) is 0 Å². The number of ether oxygens (including phenoxy) is 1. The Bertz CT molecular complexity index is 547. The number of nitrogens with one attached hydrogen (secondary N) is 1. The number of rotatable bonds is 6. The summed E-state index contributed by atoms with van der Waals surface area (Å²) >= 11 is 0. The molecule has 7 nitrogen and oxygen atoms in total. The zero-order valence-corrected chi connectivity index (χ0v) is 10.9. The number of nitrogens with zero attached hydrogens (tertiary/aromatic N) is 3. The van der Waals surface area contributed by atoms with Crippen molar-refractivity contribution in [3.8, 4) is 0 Å². The van der Waals surface area contributed by atoms with Gasteiger partial charge < -0.3 is 14.5 Å². The highest BCUT2D eigenvalue weighted by atomic mass is 16.5. The lowest BCUT2D eigenvalue weighted by Gasteiger charge is -2.02. The van der Waals surface area contributed by atoms with Crippen LogP contribution in [-0.2, 0) is 18.2 Å². The van der Waals surface area contributed by atoms with Crippen LogP contribution in [0.5, 0.6) is 0 Å². The Hall–Kier alpha value is -2.31. The fraction of sp³-hybridized carbons (Fsp3) is 0.417. The Kier molecular flexibility index (Phi) is 4.17. The predicted octanol–water partition coefficient (Wildman–Crippen LogP) is 1.24. The smallest absolute Gasteiger partial charge is 0.360 e. The summed E-state index contributed by atoms with van der Waals surface area (Å²) < 4.78 is 11.8. The molecule has 2 heterocycles. The zero-order chi connectivity index (χ0) is 13.7. The maximum absolute atomic E-state index is 11.4. The van der Waals surface area contributed by atoms with Gasteiger partial charge in [-0.2, -0.15) is 10.1 Å². The summed E-state index contributed by atoms with van der Waals surface area (Å²) in [5, 5.41) is 7.08. The van der Waals surface area contributed by atoms with E-state index in [1.54, 1.807) is 17.8 Å². The van der Waals surface area contributed by atoms with Crippen LogP contribution in [0.25, 0.3) is 0 Å². The number of aryl methyl sites for hydroxylation is 1. The summed E-state index contributed by atoms with van der Waals surface area (Å²) in [6, 6.07) is 2.26. The Balaban J connectivity index is 1.84. The van der Waals surface area contributed by atoms with E-state index in [4.69, 9.17) is 9.15 Å². The van der Waals surface area contributed by atoms with E-state index in [1.807, 2.05) is 13.1 Å². The minimum Gasteiger partial charge on any atom is -0.461 e. The molecule has 0 bridgehead atoms. The monoisotopic (exact) mass is 264 g/mol. The highest BCUT2D eigenvalue weighted by Crippen LogP contribution is 2.09. The molecule has 0 amide bonds. The molecule has 0 aliphatic carbocycles. The van der Waals surface area contributed by atoms with Gasteiger partial charge in [-0.25, -0.2) is 4.79 Å². The summed E-state index contributed by atoms with van der Waals surface area (Å²) in [4.78, 5) is 15.4. The van der Waals surface area contributed by atoms with Crippen LogP contribution in [0.1, 0.15) is 23.1 Å². The highest BCUT2D eigenvalue weighted by Gasteiger charge is 2.12. The third-order valence-corrected chi connectivity index (χ3v) is 2.57. The summed E-state index contributed by atoms with van der Waals surface area (Å²) in [6.07, 6.45) is 3.82. The van der Waals surface area contributed by atoms with Crippen molar-refractivity contribution in [2.75, 3.05) is 18.5 Å². The number of hydrogen-bond acceptors (Lipinski definition) is 6. The quantitative estimate of drug-likeness (QED) is 0.790. The zero-order valence-electron chi connectivity index (χ0n) is 10.9. The molecule has 2 rings (SSSR count). The minimum absolute atomic E-state index is 0.171. The van der Waals surface area contributed by atoms with Crippen molar-refractivity contribution < 1.29 is 13.9 Å². The maximum atomic E-state index is 11.4. The summed E-state index contributed by atoms with van der Waals surface area (Å²) in [5.74, 6) is -0.481. The van der Waals surface area contributed by atoms with Crippen molar-refractivity contribution in [2.45, 2.75) is 13.3 Å². The molecule has 0 atom stereocenters. The minimum atomic E-state index is -0.481. The van der Waals surface area contributed by atoms with Gasteiger partial charge in [-0.3, -0.25) is 4.68 Å². The van der Waals surface area contributed by atoms with Gasteiger partial charge in [-0.15, -0.1) is 0 Å². The lowest BCUT2D eigenvalue weighted by molar-refractivity contribution is 0.0519. The van der Waals surface area contributed by atoms with Crippen LogP contribution in [0.4, 0.5) is 6.01 Å². The number of esters is 1. The largest absolute Gasteiger partial charge is 0.461 e. The second kappa shape index (κ2) is 6.03. The first kappa shape index (κ1) is 13.1. The van der Waals surface area contributed by atoms with E-state index in [9.17, 15) is 4.79 Å². The molecule has 0 saturated heterocycles. The lowest BCUT2D eigenvalue weighted by atomic mass is 10.3. The summed E-state index contributed by atoms with van der Waals surface area (Å²) in [7, 11) is 1.89. The van der Waals surface area contributed by atoms with Crippen molar-refractivity contribution in [1.29, 1.82) is 0 Å². The number of carbonyl (C=O) groups is 1. The maximum Gasteiger partial charge on any atom is 0.360 e. The fourth-order valence-electron chi connectivity index (χ4n) is 1.60. The second-order valence-corrected chi connectivity index (χ2v) is 3.88. The van der Waals surface area contributed by atoms with E-state index >= 15 is 0 Å². The Morgan fingerprint density at radius 3 is 3.11 bits per heavy atom. The van der Waals surface area contributed by atoms with Crippen molar-refractivity contribution in [2.24, 2.45) is 7.05 Å². The van der Waals surface area contributed by atoms with Gasteiger partial charge in [0, 0.05) is 31.9 Å². The Morgan fingerprint density at radius 2 is 2.42 bits per heavy atom. The molecular formula is C12H16N4O3. The first-order valence-corrected chi connectivity index (χ1v) is 6.04. The molecule has 0 radical (unpaired) electrons. The van der Waals surface area contributed by atoms with E-state index in [-0.39, 0.29) is 5.69 Å². The third-order valence-electron chi connectivity index (χ3n) is 2.57. The summed E-state index contributed by atoms with van der Waals surface area (Å²) in [5.41, 5.74) is 1.27. The van der Waals surface area contributed by atoms with Gasteiger partial charge in [0.25, 0.3) is 6.01 Å². The van der Waals surface area contributed by atoms with Crippen molar-refractivity contribution in [3.05, 3.63) is 29.9 Å². The first-order chi connectivity index (χ1) is 9.20. The molecule has 2 aromatic rings. The molecule has 0 saturated carbocycles. The Labute approximate surface area is 110 Å². The molecule has 0 aliphatic heterocycles. The average molecular weight is 264 g/mol. The van der Waals surface area contributed by atoms with Crippen molar-refractivity contribution in [1.82, 2.24) is 14.8 Å². The van der Waals surface area contributed by atoms with Gasteiger partial charge in [0.1, 0.15) is 6.26 Å². The number of hydrogen-bond donors (Lipinski definition) is 1. The molecule has 0 unspecified atom stereocenters. The molecule has 0 aromatic carbocycles. The van der Waals surface area contributed by atoms with Crippen LogP contribution in [0.3, 0.4) is 0 Å². The molecule has 0 aliphatic rings. The topological polar surface area (TPSA) is 82.2 Å². The molecule has 0 spiro atoms. The van der Waals surface area contributed by atoms with E-state index in [0.29, 0.717) is 19.2 Å². The van der Waals surface area contributed by atoms with Crippen LogP contribution >= 0.6 is 0 Å². The number of anilines is 1. The molecule has 102 valence electrons. The van der Waals surface area contributed by atoms with E-state index in [0.717, 1.165) is 12.1 Å². The Morgan fingerprint density at radius 1 is 1.58 bits per heavy atom. The van der Waals surface area contributed by atoms with Gasteiger partial charge in [0.15, 0.2) is 5.69 Å². The molecule has 0 fully saturated rings. The van der Waals surface area contributed by atoms with E-state index < -0.39 is 5.97 Å². The van der Waals surface area contributed by atoms with Gasteiger partial charge >= 0.3 is 5.97 Å². The normalized spacial score (nSPS) is 10.4. The van der Waals surface area contributed by atoms with Crippen LogP contribution in [0.15, 0.2) is 22.9 Å². The van der Waals surface area contributed by atoms with Gasteiger partial charge in [-0.05, 0) is 13.0 Å². The fourth-order valence-corrected chi connectivity index (χ4v) is 1.60. The van der Waals surface area contributed by atoms with Gasteiger partial charge in [0.05, 0.1) is 6.61 Å². The SMILES string of the molecule is CCOC(=O)c1coc(NCCc2ccnn2C)n1. The molecule has 19 heavy (non-hydrogen) atoms. The lowest BCUT2D eigenvalue weighted by Crippen LogP contribution is -2.09. The standard InChI is InChI=1S/C12H16N4O3/c1-3-18-11(17)10-8-19-12(15-10)13-6-4-9-5-7-14-16(9)2/h5,7-8H,3-4,6H2,1-2H3,(H,13,15). The number of carbonyl (C=O) groups excluding carboxylic acids is 1. The average Bonchev–Trinajstić information content (AvgIpc) is 3.00. The molecular weight excluding hydrogens is 248 g/mol. The number of oxazole rings is 1. The van der Waals surface area contributed by atoms with Gasteiger partial charge in [-0.1, -0.05) is 0 Å². The van der Waals surface area contributed by atoms with Gasteiger partial charge in [0.2, 0.25) is 0 Å². The first-order valence-electron chi connectivity index (χ1n) is 6.04. The summed E-state index contributed by atoms with van der Waals surface area (Å²) in [6.45, 7) is 2.70. The predicted molar refractivity (Wildman–Crippen MR) is 67.9 cm³/mol. The van der Waals surface area contributed by atoms with Crippen LogP contribution in [0.2, 0.25) is 0 Å².